The molecule has 114 valence electrons. The zero-order valence-corrected chi connectivity index (χ0v) is 12.0. The highest BCUT2D eigenvalue weighted by Crippen LogP contribution is 2.30. The molecule has 0 saturated carbocycles. The Kier molecular flexibility index (Phi) is 4.80. The van der Waals surface area contributed by atoms with Crippen LogP contribution >= 0.6 is 11.6 Å². The number of benzene rings is 1. The monoisotopic (exact) mass is 315 g/mol. The molecule has 0 spiro atoms. The Morgan fingerprint density at radius 3 is 2.67 bits per heavy atom. The van der Waals surface area contributed by atoms with Crippen LogP contribution in [0.1, 0.15) is 23.2 Å². The Morgan fingerprint density at radius 2 is 2.05 bits per heavy atom. The van der Waals surface area contributed by atoms with Gasteiger partial charge in [0.1, 0.15) is 0 Å². The lowest BCUT2D eigenvalue weighted by molar-refractivity contribution is -0.154. The number of ether oxygens (including phenoxy) is 1. The van der Waals surface area contributed by atoms with Gasteiger partial charge < -0.3 is 15.2 Å². The number of aliphatic carboxylic acids is 1. The molecule has 1 aromatic rings. The quantitative estimate of drug-likeness (QED) is 0.892. The molecule has 1 heterocycles. The molecule has 0 radical (unpaired) electrons. The van der Waals surface area contributed by atoms with Crippen LogP contribution in [0.3, 0.4) is 0 Å². The number of halogens is 2. The fraction of sp³-hybridized carbons (Fsp3) is 0.429. The van der Waals surface area contributed by atoms with Crippen LogP contribution in [0.5, 0.6) is 0 Å². The van der Waals surface area contributed by atoms with Crippen molar-refractivity contribution in [2.45, 2.75) is 12.8 Å². The van der Waals surface area contributed by atoms with Gasteiger partial charge in [-0.2, -0.15) is 0 Å². The van der Waals surface area contributed by atoms with Crippen molar-refractivity contribution < 1.29 is 23.8 Å². The highest BCUT2D eigenvalue weighted by atomic mass is 35.5. The lowest BCUT2D eigenvalue weighted by Crippen LogP contribution is -2.46. The highest BCUT2D eigenvalue weighted by Gasteiger charge is 2.40. The van der Waals surface area contributed by atoms with Crippen LogP contribution in [0.2, 0.25) is 5.02 Å². The lowest BCUT2D eigenvalue weighted by atomic mass is 9.80. The minimum absolute atomic E-state index is 0.0729. The van der Waals surface area contributed by atoms with Crippen LogP contribution in [0.4, 0.5) is 4.39 Å². The number of hydrogen-bond acceptors (Lipinski definition) is 3. The van der Waals surface area contributed by atoms with E-state index in [1.165, 1.54) is 18.2 Å². The predicted molar refractivity (Wildman–Crippen MR) is 73.9 cm³/mol. The summed E-state index contributed by atoms with van der Waals surface area (Å²) in [4.78, 5) is 23.4. The highest BCUT2D eigenvalue weighted by molar-refractivity contribution is 6.31. The first-order chi connectivity index (χ1) is 9.96. The van der Waals surface area contributed by atoms with Crippen molar-refractivity contribution in [3.63, 3.8) is 0 Å². The van der Waals surface area contributed by atoms with Gasteiger partial charge in [0, 0.05) is 19.8 Å². The van der Waals surface area contributed by atoms with Crippen LogP contribution in [0, 0.1) is 11.2 Å². The third kappa shape index (κ3) is 3.33. The average Bonchev–Trinajstić information content (AvgIpc) is 2.48. The van der Waals surface area contributed by atoms with Crippen molar-refractivity contribution in [1.82, 2.24) is 5.32 Å². The van der Waals surface area contributed by atoms with E-state index in [-0.39, 0.29) is 17.1 Å². The second-order valence-corrected chi connectivity index (χ2v) is 5.39. The Morgan fingerprint density at radius 1 is 1.38 bits per heavy atom. The first-order valence-corrected chi connectivity index (χ1v) is 6.87. The van der Waals surface area contributed by atoms with Gasteiger partial charge in [0.05, 0.1) is 16.0 Å². The van der Waals surface area contributed by atoms with Crippen molar-refractivity contribution >= 4 is 23.5 Å². The van der Waals surface area contributed by atoms with Gasteiger partial charge in [0.15, 0.2) is 5.82 Å². The average molecular weight is 316 g/mol. The molecule has 5 nitrogen and oxygen atoms in total. The molecular weight excluding hydrogens is 301 g/mol. The van der Waals surface area contributed by atoms with Crippen molar-refractivity contribution in [2.75, 3.05) is 19.8 Å². The molecule has 1 amide bonds. The van der Waals surface area contributed by atoms with E-state index in [9.17, 15) is 19.1 Å². The van der Waals surface area contributed by atoms with Crippen LogP contribution < -0.4 is 5.32 Å². The van der Waals surface area contributed by atoms with E-state index in [1.54, 1.807) is 0 Å². The summed E-state index contributed by atoms with van der Waals surface area (Å²) in [6.45, 7) is 0.581. The molecule has 0 bridgehead atoms. The summed E-state index contributed by atoms with van der Waals surface area (Å²) < 4.78 is 18.9. The number of carbonyl (C=O) groups is 2. The lowest BCUT2D eigenvalue weighted by Gasteiger charge is -2.33. The Labute approximate surface area is 126 Å². The second kappa shape index (κ2) is 6.41. The number of carboxylic acid groups (broad SMARTS) is 1. The molecule has 0 atom stereocenters. The van der Waals surface area contributed by atoms with Crippen LogP contribution in [-0.4, -0.2) is 36.7 Å². The summed E-state index contributed by atoms with van der Waals surface area (Å²) in [6.07, 6.45) is 0.612. The molecule has 1 saturated heterocycles. The summed E-state index contributed by atoms with van der Waals surface area (Å²) in [7, 11) is 0. The molecule has 1 fully saturated rings. The molecule has 1 aromatic carbocycles. The van der Waals surface area contributed by atoms with Gasteiger partial charge in [-0.1, -0.05) is 17.7 Å². The maximum atomic E-state index is 13.7. The SMILES string of the molecule is O=C(NCC1(C(=O)O)CCOCC1)c1cccc(Cl)c1F. The first kappa shape index (κ1) is 15.7. The summed E-state index contributed by atoms with van der Waals surface area (Å²) in [5.74, 6) is -2.48. The summed E-state index contributed by atoms with van der Waals surface area (Å²) in [5.41, 5.74) is -1.27. The number of nitrogens with one attached hydrogen (secondary N) is 1. The number of carbonyl (C=O) groups excluding carboxylic acids is 1. The minimum atomic E-state index is -1.07. The molecule has 21 heavy (non-hydrogen) atoms. The molecule has 0 unspecified atom stereocenters. The summed E-state index contributed by atoms with van der Waals surface area (Å²) in [5, 5.41) is 11.7. The maximum absolute atomic E-state index is 13.7. The molecule has 2 N–H and O–H groups in total. The zero-order chi connectivity index (χ0) is 15.5. The summed E-state index contributed by atoms with van der Waals surface area (Å²) >= 11 is 5.62. The van der Waals surface area contributed by atoms with Crippen molar-refractivity contribution in [1.29, 1.82) is 0 Å². The third-order valence-electron chi connectivity index (χ3n) is 3.69. The van der Waals surface area contributed by atoms with E-state index in [0.29, 0.717) is 26.1 Å². The van der Waals surface area contributed by atoms with E-state index in [1.807, 2.05) is 0 Å². The normalized spacial score (nSPS) is 17.2. The van der Waals surface area contributed by atoms with Crippen LogP contribution in [0.25, 0.3) is 0 Å². The minimum Gasteiger partial charge on any atom is -0.481 e. The predicted octanol–water partition coefficient (Wildman–Crippen LogP) is 2.09. The van der Waals surface area contributed by atoms with Gasteiger partial charge in [0.2, 0.25) is 0 Å². The number of amides is 1. The van der Waals surface area contributed by atoms with Crippen molar-refractivity contribution in [3.05, 3.63) is 34.6 Å². The molecule has 1 aliphatic rings. The Balaban J connectivity index is 2.09. The fourth-order valence-corrected chi connectivity index (χ4v) is 2.43. The first-order valence-electron chi connectivity index (χ1n) is 6.50. The number of hydrogen-bond donors (Lipinski definition) is 2. The van der Waals surface area contributed by atoms with E-state index in [2.05, 4.69) is 5.32 Å². The van der Waals surface area contributed by atoms with E-state index in [0.717, 1.165) is 0 Å². The van der Waals surface area contributed by atoms with Gasteiger partial charge in [0.25, 0.3) is 5.91 Å². The Bertz CT molecular complexity index is 558. The zero-order valence-electron chi connectivity index (χ0n) is 11.2. The van der Waals surface area contributed by atoms with Crippen molar-refractivity contribution in [3.8, 4) is 0 Å². The molecule has 0 aliphatic carbocycles. The smallest absolute Gasteiger partial charge is 0.311 e. The van der Waals surface area contributed by atoms with Gasteiger partial charge in [-0.25, -0.2) is 4.39 Å². The van der Waals surface area contributed by atoms with E-state index >= 15 is 0 Å². The van der Waals surface area contributed by atoms with E-state index in [4.69, 9.17) is 16.3 Å². The van der Waals surface area contributed by atoms with E-state index < -0.39 is 23.1 Å². The largest absolute Gasteiger partial charge is 0.481 e. The molecule has 1 aliphatic heterocycles. The maximum Gasteiger partial charge on any atom is 0.311 e. The number of carboxylic acids is 1. The van der Waals surface area contributed by atoms with Crippen LogP contribution in [0.15, 0.2) is 18.2 Å². The topological polar surface area (TPSA) is 75.6 Å². The summed E-state index contributed by atoms with van der Waals surface area (Å²) in [6, 6.07) is 4.10. The second-order valence-electron chi connectivity index (χ2n) is 4.98. The standard InChI is InChI=1S/C14H15ClFNO4/c15-10-3-1-2-9(11(10)16)12(18)17-8-14(13(19)20)4-6-21-7-5-14/h1-3H,4-8H2,(H,17,18)(H,19,20). The van der Waals surface area contributed by atoms with Gasteiger partial charge in [-0.15, -0.1) is 0 Å². The van der Waals surface area contributed by atoms with Crippen LogP contribution in [-0.2, 0) is 9.53 Å². The molecule has 7 heteroatoms. The van der Waals surface area contributed by atoms with Gasteiger partial charge in [-0.05, 0) is 25.0 Å². The molecule has 0 aromatic heterocycles. The molecular formula is C14H15ClFNO4. The van der Waals surface area contributed by atoms with Gasteiger partial charge in [-0.3, -0.25) is 9.59 Å². The van der Waals surface area contributed by atoms with Gasteiger partial charge >= 0.3 is 5.97 Å². The Hall–Kier alpha value is -1.66. The number of rotatable bonds is 4. The molecule has 2 rings (SSSR count). The third-order valence-corrected chi connectivity index (χ3v) is 3.98. The fourth-order valence-electron chi connectivity index (χ4n) is 2.25. The van der Waals surface area contributed by atoms with Crippen molar-refractivity contribution in [2.24, 2.45) is 5.41 Å².